The first kappa shape index (κ1) is 26.0. The summed E-state index contributed by atoms with van der Waals surface area (Å²) in [5, 5.41) is 3.33. The number of amides is 3. The highest BCUT2D eigenvalue weighted by molar-refractivity contribution is 7.89. The zero-order chi connectivity index (χ0) is 24.9. The second-order valence-electron chi connectivity index (χ2n) is 8.55. The fourth-order valence-electron chi connectivity index (χ4n) is 3.69. The predicted octanol–water partition coefficient (Wildman–Crippen LogP) is 3.72. The van der Waals surface area contributed by atoms with Crippen molar-refractivity contribution in [3.05, 3.63) is 59.1 Å². The zero-order valence-corrected chi connectivity index (χ0v) is 21.2. The van der Waals surface area contributed by atoms with E-state index in [-0.39, 0.29) is 22.8 Å². The largest absolute Gasteiger partial charge is 0.338 e. The molecule has 3 rings (SSSR count). The lowest BCUT2D eigenvalue weighted by Crippen LogP contribution is -2.57. The minimum atomic E-state index is -3.86. The number of hydrogen-bond donors (Lipinski definition) is 2. The molecule has 0 aromatic heterocycles. The molecule has 0 bridgehead atoms. The number of nitrogens with zero attached hydrogens (tertiary/aromatic N) is 2. The molecule has 1 fully saturated rings. The van der Waals surface area contributed by atoms with Gasteiger partial charge in [0.1, 0.15) is 6.04 Å². The number of sulfonamides is 1. The molecule has 0 radical (unpaired) electrons. The van der Waals surface area contributed by atoms with E-state index in [9.17, 15) is 18.0 Å². The molecule has 3 amide bonds. The maximum absolute atomic E-state index is 13.3. The number of carbonyl (C=O) groups excluding carboxylic acids is 2. The van der Waals surface area contributed by atoms with Crippen LogP contribution in [0.5, 0.6) is 0 Å². The zero-order valence-electron chi connectivity index (χ0n) is 19.6. The molecular formula is C24H31ClN4O4S. The second kappa shape index (κ2) is 11.2. The van der Waals surface area contributed by atoms with Crippen molar-refractivity contribution in [2.45, 2.75) is 38.1 Å². The predicted molar refractivity (Wildman–Crippen MR) is 133 cm³/mol. The van der Waals surface area contributed by atoms with Gasteiger partial charge in [-0.25, -0.2) is 13.2 Å². The Morgan fingerprint density at radius 1 is 1.03 bits per heavy atom. The first-order valence-electron chi connectivity index (χ1n) is 11.3. The molecule has 0 aliphatic carbocycles. The van der Waals surface area contributed by atoms with Crippen LogP contribution in [0.1, 0.15) is 25.8 Å². The van der Waals surface area contributed by atoms with E-state index in [1.807, 2.05) is 20.8 Å². The van der Waals surface area contributed by atoms with E-state index in [4.69, 9.17) is 11.6 Å². The molecule has 1 saturated heterocycles. The molecule has 1 heterocycles. The highest BCUT2D eigenvalue weighted by Gasteiger charge is 2.34. The minimum Gasteiger partial charge on any atom is -0.338 e. The number of anilines is 1. The Labute approximate surface area is 206 Å². The van der Waals surface area contributed by atoms with Crippen molar-refractivity contribution in [2.24, 2.45) is 5.92 Å². The molecule has 1 aliphatic heterocycles. The van der Waals surface area contributed by atoms with E-state index in [1.54, 1.807) is 46.2 Å². The van der Waals surface area contributed by atoms with Crippen molar-refractivity contribution in [1.29, 1.82) is 0 Å². The summed E-state index contributed by atoms with van der Waals surface area (Å²) in [7, 11) is -3.86. The summed E-state index contributed by atoms with van der Waals surface area (Å²) in [5.41, 5.74) is 1.55. The standard InChI is InChI=1S/C24H31ClN4O4S/c1-4-18(3)22(27-34(32,33)21-10-8-17(2)9-11-21)23(30)28-12-14-29(15-13-28)24(31)26-20-7-5-6-19(25)16-20/h5-11,16,18,22,27H,4,12-15H2,1-3H3,(H,26,31). The van der Waals surface area contributed by atoms with Crippen LogP contribution in [0.2, 0.25) is 5.02 Å². The van der Waals surface area contributed by atoms with Crippen LogP contribution in [0.15, 0.2) is 53.4 Å². The smallest absolute Gasteiger partial charge is 0.321 e. The van der Waals surface area contributed by atoms with Crippen molar-refractivity contribution in [1.82, 2.24) is 14.5 Å². The second-order valence-corrected chi connectivity index (χ2v) is 10.7. The molecule has 1 aliphatic rings. The fourth-order valence-corrected chi connectivity index (χ4v) is 5.18. The van der Waals surface area contributed by atoms with E-state index in [2.05, 4.69) is 10.0 Å². The van der Waals surface area contributed by atoms with Crippen molar-refractivity contribution < 1.29 is 18.0 Å². The van der Waals surface area contributed by atoms with Gasteiger partial charge in [0.2, 0.25) is 15.9 Å². The number of urea groups is 1. The summed E-state index contributed by atoms with van der Waals surface area (Å²) < 4.78 is 28.5. The van der Waals surface area contributed by atoms with E-state index < -0.39 is 16.1 Å². The lowest BCUT2D eigenvalue weighted by molar-refractivity contribution is -0.135. The SMILES string of the molecule is CCC(C)C(NS(=O)(=O)c1ccc(C)cc1)C(=O)N1CCN(C(=O)Nc2cccc(Cl)c2)CC1. The van der Waals surface area contributed by atoms with Gasteiger partial charge < -0.3 is 15.1 Å². The average molecular weight is 507 g/mol. The van der Waals surface area contributed by atoms with Crippen LogP contribution in [0.25, 0.3) is 0 Å². The van der Waals surface area contributed by atoms with Gasteiger partial charge in [-0.05, 0) is 43.2 Å². The van der Waals surface area contributed by atoms with Gasteiger partial charge in [-0.15, -0.1) is 0 Å². The Bertz CT molecular complexity index is 1120. The Morgan fingerprint density at radius 2 is 1.65 bits per heavy atom. The molecule has 184 valence electrons. The monoisotopic (exact) mass is 506 g/mol. The van der Waals surface area contributed by atoms with Crippen LogP contribution in [-0.2, 0) is 14.8 Å². The molecule has 2 N–H and O–H groups in total. The molecule has 0 saturated carbocycles. The van der Waals surface area contributed by atoms with Crippen molar-refractivity contribution in [2.75, 3.05) is 31.5 Å². The first-order valence-corrected chi connectivity index (χ1v) is 13.2. The molecule has 2 atom stereocenters. The van der Waals surface area contributed by atoms with Crippen LogP contribution >= 0.6 is 11.6 Å². The summed E-state index contributed by atoms with van der Waals surface area (Å²) in [6.07, 6.45) is 0.634. The number of hydrogen-bond acceptors (Lipinski definition) is 4. The topological polar surface area (TPSA) is 98.8 Å². The van der Waals surface area contributed by atoms with Crippen LogP contribution in [0.3, 0.4) is 0 Å². The molecular weight excluding hydrogens is 476 g/mol. The Kier molecular flexibility index (Phi) is 8.57. The van der Waals surface area contributed by atoms with Crippen LogP contribution in [-0.4, -0.2) is 62.4 Å². The Morgan fingerprint density at radius 3 is 2.24 bits per heavy atom. The number of benzene rings is 2. The van der Waals surface area contributed by atoms with Gasteiger partial charge >= 0.3 is 6.03 Å². The average Bonchev–Trinajstić information content (AvgIpc) is 2.82. The number of aryl methyl sites for hydroxylation is 1. The third kappa shape index (κ3) is 6.49. The van der Waals surface area contributed by atoms with Gasteiger partial charge in [-0.3, -0.25) is 4.79 Å². The van der Waals surface area contributed by atoms with Crippen molar-refractivity contribution in [3.8, 4) is 0 Å². The van der Waals surface area contributed by atoms with E-state index in [0.717, 1.165) is 5.56 Å². The number of piperazine rings is 1. The lowest BCUT2D eigenvalue weighted by atomic mass is 9.98. The van der Waals surface area contributed by atoms with Gasteiger partial charge in [0, 0.05) is 36.9 Å². The molecule has 8 nitrogen and oxygen atoms in total. The van der Waals surface area contributed by atoms with Crippen LogP contribution in [0, 0.1) is 12.8 Å². The van der Waals surface area contributed by atoms with Crippen LogP contribution < -0.4 is 10.0 Å². The third-order valence-electron chi connectivity index (χ3n) is 6.05. The summed E-state index contributed by atoms with van der Waals surface area (Å²) in [5.74, 6) is -0.475. The van der Waals surface area contributed by atoms with Gasteiger partial charge in [-0.2, -0.15) is 4.72 Å². The van der Waals surface area contributed by atoms with Crippen molar-refractivity contribution >= 4 is 39.2 Å². The fraction of sp³-hybridized carbons (Fsp3) is 0.417. The van der Waals surface area contributed by atoms with Gasteiger partial charge in [0.15, 0.2) is 0 Å². The molecule has 2 aromatic carbocycles. The number of rotatable bonds is 7. The van der Waals surface area contributed by atoms with Gasteiger partial charge in [0.05, 0.1) is 4.90 Å². The molecule has 0 spiro atoms. The highest BCUT2D eigenvalue weighted by atomic mass is 35.5. The molecule has 34 heavy (non-hydrogen) atoms. The van der Waals surface area contributed by atoms with Crippen LogP contribution in [0.4, 0.5) is 10.5 Å². The maximum atomic E-state index is 13.3. The molecule has 2 unspecified atom stereocenters. The summed E-state index contributed by atoms with van der Waals surface area (Å²) in [6, 6.07) is 12.3. The van der Waals surface area contributed by atoms with E-state index >= 15 is 0 Å². The highest BCUT2D eigenvalue weighted by Crippen LogP contribution is 2.19. The number of nitrogens with one attached hydrogen (secondary N) is 2. The maximum Gasteiger partial charge on any atom is 0.321 e. The Balaban J connectivity index is 1.64. The first-order chi connectivity index (χ1) is 16.1. The van der Waals surface area contributed by atoms with E-state index in [1.165, 1.54) is 12.1 Å². The third-order valence-corrected chi connectivity index (χ3v) is 7.74. The van der Waals surface area contributed by atoms with Crippen molar-refractivity contribution in [3.63, 3.8) is 0 Å². The Hall–Kier alpha value is -2.62. The summed E-state index contributed by atoms with van der Waals surface area (Å²) in [6.45, 7) is 6.98. The van der Waals surface area contributed by atoms with Gasteiger partial charge in [0.25, 0.3) is 0 Å². The normalized spacial score (nSPS) is 16.1. The lowest BCUT2D eigenvalue weighted by Gasteiger charge is -2.37. The minimum absolute atomic E-state index is 0.127. The molecule has 10 heteroatoms. The summed E-state index contributed by atoms with van der Waals surface area (Å²) >= 11 is 5.97. The molecule has 2 aromatic rings. The quantitative estimate of drug-likeness (QED) is 0.598. The van der Waals surface area contributed by atoms with E-state index in [0.29, 0.717) is 43.3 Å². The summed E-state index contributed by atoms with van der Waals surface area (Å²) in [4.78, 5) is 29.3. The number of halogens is 1. The van der Waals surface area contributed by atoms with Gasteiger partial charge in [-0.1, -0.05) is 55.6 Å². The number of carbonyl (C=O) groups is 2.